The third kappa shape index (κ3) is 4.52. The van der Waals surface area contributed by atoms with Crippen molar-refractivity contribution in [3.63, 3.8) is 0 Å². The van der Waals surface area contributed by atoms with E-state index in [1.165, 1.54) is 17.4 Å². The summed E-state index contributed by atoms with van der Waals surface area (Å²) in [5.74, 6) is -0.765. The lowest BCUT2D eigenvalue weighted by Gasteiger charge is -2.14. The molecule has 0 spiro atoms. The smallest absolute Gasteiger partial charge is 0.331 e. The number of carbonyl (C=O) groups is 2. The Labute approximate surface area is 179 Å². The third-order valence-corrected chi connectivity index (χ3v) is 6.30. The Balaban J connectivity index is 1.35. The SMILES string of the molecule is Cc1cc(C(=O)COC(=O)/C=C/c2nc3ccccc3s2)c(C)n1C[C@@H]1CCCO1. The average Bonchev–Trinajstić information content (AvgIpc) is 3.46. The van der Waals surface area contributed by atoms with Crippen LogP contribution in [0.1, 0.15) is 39.6 Å². The van der Waals surface area contributed by atoms with Gasteiger partial charge in [0.2, 0.25) is 5.78 Å². The first-order valence-electron chi connectivity index (χ1n) is 10.0. The van der Waals surface area contributed by atoms with E-state index < -0.39 is 5.97 Å². The second kappa shape index (κ2) is 8.93. The van der Waals surface area contributed by atoms with Crippen LogP contribution < -0.4 is 0 Å². The Morgan fingerprint density at radius 2 is 2.17 bits per heavy atom. The van der Waals surface area contributed by atoms with Crippen molar-refractivity contribution in [3.05, 3.63) is 58.4 Å². The van der Waals surface area contributed by atoms with Crippen molar-refractivity contribution < 1.29 is 19.1 Å². The van der Waals surface area contributed by atoms with Crippen molar-refractivity contribution in [1.82, 2.24) is 9.55 Å². The standard InChI is InChI=1S/C23H24N2O4S/c1-15-12-18(16(2)25(15)13-17-6-5-11-28-17)20(26)14-29-23(27)10-9-22-24-19-7-3-4-8-21(19)30-22/h3-4,7-10,12,17H,5-6,11,13-14H2,1-2H3/b10-9+/t17-/m0/s1. The number of fused-ring (bicyclic) bond motifs is 1. The van der Waals surface area contributed by atoms with Crippen LogP contribution in [0.5, 0.6) is 0 Å². The number of carbonyl (C=O) groups excluding carboxylic acids is 2. The highest BCUT2D eigenvalue weighted by Crippen LogP contribution is 2.23. The predicted octanol–water partition coefficient (Wildman–Crippen LogP) is 4.33. The molecule has 1 aromatic carbocycles. The number of rotatable bonds is 7. The molecule has 0 radical (unpaired) electrons. The van der Waals surface area contributed by atoms with E-state index in [1.807, 2.05) is 44.2 Å². The van der Waals surface area contributed by atoms with Crippen molar-refractivity contribution in [3.8, 4) is 0 Å². The number of nitrogens with zero attached hydrogens (tertiary/aromatic N) is 2. The van der Waals surface area contributed by atoms with Gasteiger partial charge in [-0.15, -0.1) is 11.3 Å². The minimum Gasteiger partial charge on any atom is -0.454 e. The van der Waals surface area contributed by atoms with Crippen LogP contribution in [-0.4, -0.2) is 40.6 Å². The molecule has 0 saturated carbocycles. The summed E-state index contributed by atoms with van der Waals surface area (Å²) in [4.78, 5) is 29.1. The van der Waals surface area contributed by atoms with Gasteiger partial charge in [0, 0.05) is 36.2 Å². The van der Waals surface area contributed by atoms with Gasteiger partial charge in [0.05, 0.1) is 16.3 Å². The van der Waals surface area contributed by atoms with Gasteiger partial charge in [-0.1, -0.05) is 12.1 Å². The van der Waals surface area contributed by atoms with E-state index in [2.05, 4.69) is 9.55 Å². The highest BCUT2D eigenvalue weighted by Gasteiger charge is 2.21. The van der Waals surface area contributed by atoms with Gasteiger partial charge in [-0.3, -0.25) is 4.79 Å². The first kappa shape index (κ1) is 20.5. The Bertz CT molecular complexity index is 1070. The molecule has 1 saturated heterocycles. The lowest BCUT2D eigenvalue weighted by atomic mass is 10.1. The van der Waals surface area contributed by atoms with E-state index in [9.17, 15) is 9.59 Å². The van der Waals surface area contributed by atoms with Gasteiger partial charge in [-0.05, 0) is 51.0 Å². The number of benzene rings is 1. The van der Waals surface area contributed by atoms with Crippen molar-refractivity contribution in [2.75, 3.05) is 13.2 Å². The highest BCUT2D eigenvalue weighted by atomic mass is 32.1. The van der Waals surface area contributed by atoms with Gasteiger partial charge >= 0.3 is 5.97 Å². The molecule has 0 unspecified atom stereocenters. The van der Waals surface area contributed by atoms with Gasteiger partial charge < -0.3 is 14.0 Å². The van der Waals surface area contributed by atoms with E-state index in [-0.39, 0.29) is 18.5 Å². The molecule has 4 rings (SSSR count). The third-order valence-electron chi connectivity index (χ3n) is 5.30. The number of hydrogen-bond donors (Lipinski definition) is 0. The summed E-state index contributed by atoms with van der Waals surface area (Å²) in [5, 5.41) is 0.720. The topological polar surface area (TPSA) is 70.4 Å². The number of para-hydroxylation sites is 1. The predicted molar refractivity (Wildman–Crippen MR) is 117 cm³/mol. The summed E-state index contributed by atoms with van der Waals surface area (Å²) in [6, 6.07) is 9.64. The quantitative estimate of drug-likeness (QED) is 0.321. The van der Waals surface area contributed by atoms with Crippen LogP contribution in [0.4, 0.5) is 0 Å². The lowest BCUT2D eigenvalue weighted by molar-refractivity contribution is -0.136. The second-order valence-corrected chi connectivity index (χ2v) is 8.48. The fourth-order valence-electron chi connectivity index (χ4n) is 3.72. The summed E-state index contributed by atoms with van der Waals surface area (Å²) in [5.41, 5.74) is 3.37. The zero-order valence-corrected chi connectivity index (χ0v) is 17.9. The summed E-state index contributed by atoms with van der Waals surface area (Å²) in [7, 11) is 0. The molecule has 3 aromatic rings. The number of aromatic nitrogens is 2. The molecule has 0 N–H and O–H groups in total. The van der Waals surface area contributed by atoms with Gasteiger partial charge in [0.25, 0.3) is 0 Å². The van der Waals surface area contributed by atoms with Crippen molar-refractivity contribution >= 4 is 39.4 Å². The molecule has 30 heavy (non-hydrogen) atoms. The normalized spacial score (nSPS) is 16.5. The molecule has 3 heterocycles. The number of hydrogen-bond acceptors (Lipinski definition) is 6. The van der Waals surface area contributed by atoms with E-state index in [4.69, 9.17) is 9.47 Å². The van der Waals surface area contributed by atoms with Crippen molar-refractivity contribution in [1.29, 1.82) is 0 Å². The van der Waals surface area contributed by atoms with Crippen LogP contribution in [0.3, 0.4) is 0 Å². The number of Topliss-reactive ketones (excluding diaryl/α,β-unsaturated/α-hetero) is 1. The molecule has 0 aliphatic carbocycles. The molecule has 0 bridgehead atoms. The fourth-order valence-corrected chi connectivity index (χ4v) is 4.59. The van der Waals surface area contributed by atoms with Crippen LogP contribution in [0.15, 0.2) is 36.4 Å². The van der Waals surface area contributed by atoms with Gasteiger partial charge in [-0.25, -0.2) is 9.78 Å². The number of esters is 1. The van der Waals surface area contributed by atoms with Gasteiger partial charge in [0.15, 0.2) is 6.61 Å². The Morgan fingerprint density at radius 3 is 2.93 bits per heavy atom. The number of thiazole rings is 1. The fraction of sp³-hybridized carbons (Fsp3) is 0.348. The number of ether oxygens (including phenoxy) is 2. The summed E-state index contributed by atoms with van der Waals surface area (Å²) >= 11 is 1.49. The molecule has 1 atom stereocenters. The van der Waals surface area contributed by atoms with Crippen molar-refractivity contribution in [2.45, 2.75) is 39.3 Å². The maximum Gasteiger partial charge on any atom is 0.331 e. The molecular formula is C23H24N2O4S. The minimum absolute atomic E-state index is 0.197. The zero-order chi connectivity index (χ0) is 21.1. The molecule has 0 amide bonds. The molecule has 1 aliphatic heterocycles. The first-order chi connectivity index (χ1) is 14.5. The molecule has 2 aromatic heterocycles. The minimum atomic E-state index is -0.559. The lowest BCUT2D eigenvalue weighted by Crippen LogP contribution is -2.18. The van der Waals surface area contributed by atoms with Gasteiger partial charge in [-0.2, -0.15) is 0 Å². The Morgan fingerprint density at radius 1 is 1.33 bits per heavy atom. The Kier molecular flexibility index (Phi) is 6.11. The van der Waals surface area contributed by atoms with Crippen molar-refractivity contribution in [2.24, 2.45) is 0 Å². The highest BCUT2D eigenvalue weighted by molar-refractivity contribution is 7.19. The molecule has 7 heteroatoms. The van der Waals surface area contributed by atoms with E-state index in [0.29, 0.717) is 5.56 Å². The largest absolute Gasteiger partial charge is 0.454 e. The van der Waals surface area contributed by atoms with Crippen LogP contribution in [0.25, 0.3) is 16.3 Å². The summed E-state index contributed by atoms with van der Waals surface area (Å²) < 4.78 is 14.0. The van der Waals surface area contributed by atoms with Crippen LogP contribution in [0.2, 0.25) is 0 Å². The molecule has 1 fully saturated rings. The monoisotopic (exact) mass is 424 g/mol. The number of aryl methyl sites for hydroxylation is 1. The van der Waals surface area contributed by atoms with Crippen LogP contribution in [-0.2, 0) is 20.8 Å². The molecular weight excluding hydrogens is 400 g/mol. The number of ketones is 1. The average molecular weight is 425 g/mol. The van der Waals surface area contributed by atoms with Gasteiger partial charge in [0.1, 0.15) is 5.01 Å². The van der Waals surface area contributed by atoms with E-state index >= 15 is 0 Å². The Hall–Kier alpha value is -2.77. The summed E-state index contributed by atoms with van der Waals surface area (Å²) in [6.45, 7) is 5.16. The molecule has 6 nitrogen and oxygen atoms in total. The first-order valence-corrected chi connectivity index (χ1v) is 10.8. The molecule has 1 aliphatic rings. The van der Waals surface area contributed by atoms with Crippen LogP contribution in [0, 0.1) is 13.8 Å². The maximum absolute atomic E-state index is 12.6. The molecule has 156 valence electrons. The zero-order valence-electron chi connectivity index (χ0n) is 17.1. The van der Waals surface area contributed by atoms with E-state index in [1.54, 1.807) is 6.08 Å². The second-order valence-electron chi connectivity index (χ2n) is 7.41. The van der Waals surface area contributed by atoms with E-state index in [0.717, 1.165) is 52.6 Å². The maximum atomic E-state index is 12.6. The summed E-state index contributed by atoms with van der Waals surface area (Å²) in [6.07, 6.45) is 5.24. The van der Waals surface area contributed by atoms with Crippen LogP contribution >= 0.6 is 11.3 Å².